The van der Waals surface area contributed by atoms with Crippen molar-refractivity contribution >= 4 is 0 Å². The molecule has 0 radical (unpaired) electrons. The second-order valence-corrected chi connectivity index (χ2v) is 5.25. The summed E-state index contributed by atoms with van der Waals surface area (Å²) < 4.78 is 11.1. The van der Waals surface area contributed by atoms with Crippen molar-refractivity contribution in [3.8, 4) is 0 Å². The van der Waals surface area contributed by atoms with E-state index in [0.717, 1.165) is 26.2 Å². The Balaban J connectivity index is 1.68. The molecule has 0 aromatic rings. The first kappa shape index (κ1) is 13.2. The van der Waals surface area contributed by atoms with Gasteiger partial charge in [-0.2, -0.15) is 0 Å². The van der Waals surface area contributed by atoms with Crippen LogP contribution in [0.3, 0.4) is 0 Å². The van der Waals surface area contributed by atoms with Gasteiger partial charge in [-0.1, -0.05) is 0 Å². The zero-order chi connectivity index (χ0) is 12.3. The van der Waals surface area contributed by atoms with Crippen molar-refractivity contribution < 1.29 is 14.6 Å². The lowest BCUT2D eigenvalue weighted by atomic mass is 9.97. The van der Waals surface area contributed by atoms with Gasteiger partial charge in [-0.3, -0.25) is 0 Å². The van der Waals surface area contributed by atoms with E-state index in [1.54, 1.807) is 0 Å². The van der Waals surface area contributed by atoms with E-state index in [1.165, 1.54) is 0 Å². The normalized spacial score (nSPS) is 39.7. The van der Waals surface area contributed by atoms with Gasteiger partial charge in [0.05, 0.1) is 18.8 Å². The van der Waals surface area contributed by atoms with Gasteiger partial charge in [0, 0.05) is 39.2 Å². The first-order valence-electron chi connectivity index (χ1n) is 6.45. The van der Waals surface area contributed by atoms with Gasteiger partial charge < -0.3 is 24.8 Å². The molecule has 2 aliphatic heterocycles. The van der Waals surface area contributed by atoms with Gasteiger partial charge >= 0.3 is 0 Å². The molecule has 2 saturated heterocycles. The molecule has 0 aliphatic carbocycles. The molecule has 3 unspecified atom stereocenters. The van der Waals surface area contributed by atoms with Crippen LogP contribution >= 0.6 is 0 Å². The molecule has 0 bridgehead atoms. The second-order valence-electron chi connectivity index (χ2n) is 5.25. The highest BCUT2D eigenvalue weighted by Gasteiger charge is 2.39. The number of morpholine rings is 1. The molecular weight excluding hydrogens is 220 g/mol. The van der Waals surface area contributed by atoms with Crippen LogP contribution in [0.5, 0.6) is 0 Å². The van der Waals surface area contributed by atoms with Crippen molar-refractivity contribution in [2.75, 3.05) is 46.4 Å². The van der Waals surface area contributed by atoms with E-state index in [4.69, 9.17) is 9.47 Å². The molecule has 100 valence electrons. The van der Waals surface area contributed by atoms with Gasteiger partial charge in [0.25, 0.3) is 0 Å². The first-order chi connectivity index (χ1) is 8.10. The third-order valence-electron chi connectivity index (χ3n) is 3.80. The van der Waals surface area contributed by atoms with Crippen molar-refractivity contribution in [2.45, 2.75) is 31.2 Å². The van der Waals surface area contributed by atoms with Crippen molar-refractivity contribution in [1.29, 1.82) is 0 Å². The average molecular weight is 244 g/mol. The largest absolute Gasteiger partial charge is 0.386 e. The van der Waals surface area contributed by atoms with E-state index in [9.17, 15) is 5.11 Å². The number of hydrogen-bond acceptors (Lipinski definition) is 5. The molecule has 3 atom stereocenters. The molecule has 0 spiro atoms. The Labute approximate surface area is 103 Å². The van der Waals surface area contributed by atoms with E-state index < -0.39 is 5.60 Å². The summed E-state index contributed by atoms with van der Waals surface area (Å²) in [6.07, 6.45) is 0.868. The zero-order valence-electron chi connectivity index (χ0n) is 10.8. The lowest BCUT2D eigenvalue weighted by molar-refractivity contribution is -0.0381. The minimum Gasteiger partial charge on any atom is -0.386 e. The summed E-state index contributed by atoms with van der Waals surface area (Å²) in [6, 6.07) is 0. The molecule has 2 aliphatic rings. The molecule has 0 saturated carbocycles. The predicted octanol–water partition coefficient (Wildman–Crippen LogP) is -0.553. The van der Waals surface area contributed by atoms with Gasteiger partial charge in [-0.05, 0) is 14.0 Å². The SMILES string of the molecule is CC1OCCC1(O)CNCC1CN(C)CCO1. The smallest absolute Gasteiger partial charge is 0.105 e. The highest BCUT2D eigenvalue weighted by Crippen LogP contribution is 2.24. The molecule has 5 nitrogen and oxygen atoms in total. The van der Waals surface area contributed by atoms with Crippen LogP contribution in [0.15, 0.2) is 0 Å². The number of hydrogen-bond donors (Lipinski definition) is 2. The van der Waals surface area contributed by atoms with Crippen LogP contribution in [-0.4, -0.2) is 74.3 Å². The molecule has 0 aromatic carbocycles. The number of nitrogens with one attached hydrogen (secondary N) is 1. The fourth-order valence-electron chi connectivity index (χ4n) is 2.44. The molecule has 2 N–H and O–H groups in total. The van der Waals surface area contributed by atoms with Gasteiger partial charge in [0.2, 0.25) is 0 Å². The van der Waals surface area contributed by atoms with Crippen molar-refractivity contribution in [3.05, 3.63) is 0 Å². The van der Waals surface area contributed by atoms with Crippen molar-refractivity contribution in [3.63, 3.8) is 0 Å². The molecule has 2 fully saturated rings. The fraction of sp³-hybridized carbons (Fsp3) is 1.00. The van der Waals surface area contributed by atoms with Crippen LogP contribution < -0.4 is 5.32 Å². The van der Waals surface area contributed by atoms with Gasteiger partial charge in [0.15, 0.2) is 0 Å². The minimum absolute atomic E-state index is 0.0788. The summed E-state index contributed by atoms with van der Waals surface area (Å²) in [4.78, 5) is 2.27. The highest BCUT2D eigenvalue weighted by atomic mass is 16.5. The number of rotatable bonds is 4. The molecule has 2 rings (SSSR count). The van der Waals surface area contributed by atoms with Gasteiger partial charge in [0.1, 0.15) is 5.60 Å². The van der Waals surface area contributed by atoms with E-state index in [0.29, 0.717) is 19.6 Å². The molecule has 5 heteroatoms. The summed E-state index contributed by atoms with van der Waals surface area (Å²) in [5.41, 5.74) is -0.708. The molecule has 0 amide bonds. The standard InChI is InChI=1S/C12H24N2O3/c1-10-12(15,3-5-16-10)9-13-7-11-8-14(2)4-6-17-11/h10-11,13,15H,3-9H2,1-2H3. The second kappa shape index (κ2) is 5.63. The van der Waals surface area contributed by atoms with Crippen LogP contribution in [0.4, 0.5) is 0 Å². The third-order valence-corrected chi connectivity index (χ3v) is 3.80. The summed E-state index contributed by atoms with van der Waals surface area (Å²) >= 11 is 0. The summed E-state index contributed by atoms with van der Waals surface area (Å²) in [7, 11) is 2.11. The summed E-state index contributed by atoms with van der Waals surface area (Å²) in [5, 5.41) is 13.6. The maximum absolute atomic E-state index is 10.3. The Morgan fingerprint density at radius 3 is 2.88 bits per heavy atom. The van der Waals surface area contributed by atoms with E-state index >= 15 is 0 Å². The molecule has 0 aromatic heterocycles. The zero-order valence-corrected chi connectivity index (χ0v) is 10.8. The maximum atomic E-state index is 10.3. The Hall–Kier alpha value is -0.200. The van der Waals surface area contributed by atoms with E-state index in [1.807, 2.05) is 6.92 Å². The Morgan fingerprint density at radius 2 is 2.24 bits per heavy atom. The van der Waals surface area contributed by atoms with Crippen LogP contribution in [0.25, 0.3) is 0 Å². The number of aliphatic hydroxyl groups is 1. The lowest BCUT2D eigenvalue weighted by Gasteiger charge is -2.32. The van der Waals surface area contributed by atoms with Crippen molar-refractivity contribution in [2.24, 2.45) is 0 Å². The van der Waals surface area contributed by atoms with Crippen LogP contribution in [0.1, 0.15) is 13.3 Å². The van der Waals surface area contributed by atoms with Crippen LogP contribution in [-0.2, 0) is 9.47 Å². The van der Waals surface area contributed by atoms with E-state index in [-0.39, 0.29) is 12.2 Å². The lowest BCUT2D eigenvalue weighted by Crippen LogP contribution is -2.50. The quantitative estimate of drug-likeness (QED) is 0.695. The van der Waals surface area contributed by atoms with Gasteiger partial charge in [-0.25, -0.2) is 0 Å². The first-order valence-corrected chi connectivity index (χ1v) is 6.45. The molecule has 2 heterocycles. The number of nitrogens with zero attached hydrogens (tertiary/aromatic N) is 1. The summed E-state index contributed by atoms with van der Waals surface area (Å²) in [5.74, 6) is 0. The monoisotopic (exact) mass is 244 g/mol. The Bertz CT molecular complexity index is 252. The van der Waals surface area contributed by atoms with Crippen molar-refractivity contribution in [1.82, 2.24) is 10.2 Å². The average Bonchev–Trinajstić information content (AvgIpc) is 2.60. The Kier molecular flexibility index (Phi) is 4.38. The summed E-state index contributed by atoms with van der Waals surface area (Å²) in [6.45, 7) is 6.72. The Morgan fingerprint density at radius 1 is 1.41 bits per heavy atom. The number of likely N-dealkylation sites (N-methyl/N-ethyl adjacent to an activating group) is 1. The van der Waals surface area contributed by atoms with Crippen LogP contribution in [0, 0.1) is 0 Å². The number of ether oxygens (including phenoxy) is 2. The fourth-order valence-corrected chi connectivity index (χ4v) is 2.44. The van der Waals surface area contributed by atoms with E-state index in [2.05, 4.69) is 17.3 Å². The predicted molar refractivity (Wildman–Crippen MR) is 65.1 cm³/mol. The maximum Gasteiger partial charge on any atom is 0.105 e. The van der Waals surface area contributed by atoms with Gasteiger partial charge in [-0.15, -0.1) is 0 Å². The molecular formula is C12H24N2O3. The molecule has 17 heavy (non-hydrogen) atoms. The topological polar surface area (TPSA) is 54.0 Å². The van der Waals surface area contributed by atoms with Crippen LogP contribution in [0.2, 0.25) is 0 Å². The minimum atomic E-state index is -0.708. The highest BCUT2D eigenvalue weighted by molar-refractivity contribution is 4.91. The third kappa shape index (κ3) is 3.39.